The molecule has 0 aliphatic rings. The minimum absolute atomic E-state index is 0.268. The maximum atomic E-state index is 12.3. The third kappa shape index (κ3) is 2.70. The number of hydrogen-bond acceptors (Lipinski definition) is 4. The molecule has 6 heteroatoms. The van der Waals surface area contributed by atoms with Crippen molar-refractivity contribution in [1.29, 1.82) is 0 Å². The Morgan fingerprint density at radius 3 is 2.95 bits per heavy atom. The maximum Gasteiger partial charge on any atom is 0.258 e. The Balaban J connectivity index is 1.91. The molecular formula is C15H12ClN3OS. The molecule has 1 heterocycles. The van der Waals surface area contributed by atoms with Crippen LogP contribution in [0.1, 0.15) is 15.9 Å². The third-order valence-electron chi connectivity index (χ3n) is 3.07. The van der Waals surface area contributed by atoms with E-state index in [1.807, 2.05) is 25.1 Å². The summed E-state index contributed by atoms with van der Waals surface area (Å²) in [6.07, 6.45) is 0. The lowest BCUT2D eigenvalue weighted by atomic mass is 10.1. The maximum absolute atomic E-state index is 12.3. The minimum Gasteiger partial charge on any atom is -0.399 e. The topological polar surface area (TPSA) is 68.0 Å². The van der Waals surface area contributed by atoms with E-state index >= 15 is 0 Å². The first kappa shape index (κ1) is 13.9. The molecule has 0 aliphatic heterocycles. The predicted molar refractivity (Wildman–Crippen MR) is 88.2 cm³/mol. The third-order valence-corrected chi connectivity index (χ3v) is 4.50. The Hall–Kier alpha value is -2.11. The van der Waals surface area contributed by atoms with Gasteiger partial charge in [-0.2, -0.15) is 0 Å². The lowest BCUT2D eigenvalue weighted by Crippen LogP contribution is -2.12. The summed E-state index contributed by atoms with van der Waals surface area (Å²) in [7, 11) is 0. The molecule has 3 N–H and O–H groups in total. The number of benzene rings is 2. The Labute approximate surface area is 130 Å². The number of halogens is 1. The van der Waals surface area contributed by atoms with Crippen molar-refractivity contribution in [3.05, 3.63) is 52.5 Å². The number of anilines is 2. The molecule has 0 bridgehead atoms. The average molecular weight is 318 g/mol. The molecule has 0 aliphatic carbocycles. The Morgan fingerprint density at radius 2 is 2.14 bits per heavy atom. The van der Waals surface area contributed by atoms with Crippen LogP contribution in [0.2, 0.25) is 5.02 Å². The minimum atomic E-state index is -0.268. The molecule has 0 radical (unpaired) electrons. The number of aryl methyl sites for hydroxylation is 1. The van der Waals surface area contributed by atoms with Crippen molar-refractivity contribution in [2.45, 2.75) is 6.92 Å². The molecule has 0 saturated carbocycles. The summed E-state index contributed by atoms with van der Waals surface area (Å²) in [5.74, 6) is -0.268. The fourth-order valence-corrected chi connectivity index (χ4v) is 3.10. The molecule has 0 spiro atoms. The van der Waals surface area contributed by atoms with Crippen LogP contribution in [0.3, 0.4) is 0 Å². The highest BCUT2D eigenvalue weighted by atomic mass is 35.5. The number of fused-ring (bicyclic) bond motifs is 1. The number of rotatable bonds is 2. The summed E-state index contributed by atoms with van der Waals surface area (Å²) < 4.78 is 0.931. The van der Waals surface area contributed by atoms with E-state index in [1.165, 1.54) is 11.3 Å². The van der Waals surface area contributed by atoms with Gasteiger partial charge in [-0.1, -0.05) is 35.1 Å². The molecule has 2 aromatic carbocycles. The highest BCUT2D eigenvalue weighted by molar-refractivity contribution is 7.22. The summed E-state index contributed by atoms with van der Waals surface area (Å²) in [4.78, 5) is 16.6. The number of nitrogens with one attached hydrogen (secondary N) is 1. The molecule has 0 fully saturated rings. The van der Waals surface area contributed by atoms with Crippen molar-refractivity contribution >= 4 is 49.9 Å². The number of carbonyl (C=O) groups is 1. The predicted octanol–water partition coefficient (Wildman–Crippen LogP) is 4.09. The van der Waals surface area contributed by atoms with Gasteiger partial charge in [0, 0.05) is 5.69 Å². The van der Waals surface area contributed by atoms with Crippen LogP contribution in [0, 0.1) is 6.92 Å². The quantitative estimate of drug-likeness (QED) is 0.699. The summed E-state index contributed by atoms with van der Waals surface area (Å²) in [6.45, 7) is 1.86. The van der Waals surface area contributed by atoms with E-state index in [9.17, 15) is 4.79 Å². The van der Waals surface area contributed by atoms with Crippen LogP contribution in [0.15, 0.2) is 36.4 Å². The van der Waals surface area contributed by atoms with E-state index in [0.29, 0.717) is 21.4 Å². The van der Waals surface area contributed by atoms with Crippen molar-refractivity contribution in [3.8, 4) is 0 Å². The highest BCUT2D eigenvalue weighted by Gasteiger charge is 2.14. The fourth-order valence-electron chi connectivity index (χ4n) is 1.98. The molecule has 0 atom stereocenters. The van der Waals surface area contributed by atoms with E-state index in [2.05, 4.69) is 10.3 Å². The molecule has 0 saturated heterocycles. The number of hydrogen-bond donors (Lipinski definition) is 2. The van der Waals surface area contributed by atoms with Gasteiger partial charge in [0.25, 0.3) is 5.91 Å². The van der Waals surface area contributed by atoms with E-state index in [-0.39, 0.29) is 5.91 Å². The molecule has 1 amide bonds. The van der Waals surface area contributed by atoms with Gasteiger partial charge in [0.05, 0.1) is 20.8 Å². The first-order valence-electron chi connectivity index (χ1n) is 6.27. The van der Waals surface area contributed by atoms with Gasteiger partial charge < -0.3 is 5.73 Å². The smallest absolute Gasteiger partial charge is 0.258 e. The number of thiazole rings is 1. The van der Waals surface area contributed by atoms with E-state index in [4.69, 9.17) is 17.3 Å². The number of aromatic nitrogens is 1. The zero-order valence-electron chi connectivity index (χ0n) is 11.2. The standard InChI is InChI=1S/C15H12ClN3OS/c1-8-3-2-4-10(13(8)16)14(20)19-15-18-11-6-5-9(17)7-12(11)21-15/h2-7H,17H2,1H3,(H,18,19,20). The lowest BCUT2D eigenvalue weighted by molar-refractivity contribution is 0.102. The van der Waals surface area contributed by atoms with E-state index in [1.54, 1.807) is 18.2 Å². The van der Waals surface area contributed by atoms with Crippen molar-refractivity contribution in [3.63, 3.8) is 0 Å². The summed E-state index contributed by atoms with van der Waals surface area (Å²) in [5, 5.41) is 3.76. The van der Waals surface area contributed by atoms with Gasteiger partial charge in [0.15, 0.2) is 5.13 Å². The molecule has 4 nitrogen and oxygen atoms in total. The Bertz CT molecular complexity index is 844. The lowest BCUT2D eigenvalue weighted by Gasteiger charge is -2.05. The van der Waals surface area contributed by atoms with Crippen LogP contribution in [0.25, 0.3) is 10.2 Å². The number of carbonyl (C=O) groups excluding carboxylic acids is 1. The van der Waals surface area contributed by atoms with Crippen molar-refractivity contribution in [2.75, 3.05) is 11.1 Å². The molecule has 3 aromatic rings. The number of nitrogen functional groups attached to an aromatic ring is 1. The van der Waals surface area contributed by atoms with Gasteiger partial charge in [-0.05, 0) is 36.8 Å². The SMILES string of the molecule is Cc1cccc(C(=O)Nc2nc3ccc(N)cc3s2)c1Cl. The second-order valence-electron chi connectivity index (χ2n) is 4.64. The summed E-state index contributed by atoms with van der Waals surface area (Å²) in [5.41, 5.74) is 8.52. The van der Waals surface area contributed by atoms with Crippen molar-refractivity contribution in [2.24, 2.45) is 0 Å². The van der Waals surface area contributed by atoms with Crippen LogP contribution >= 0.6 is 22.9 Å². The van der Waals surface area contributed by atoms with E-state index in [0.717, 1.165) is 15.8 Å². The number of amides is 1. The number of nitrogens with zero attached hydrogens (tertiary/aromatic N) is 1. The van der Waals surface area contributed by atoms with Crippen LogP contribution in [-0.2, 0) is 0 Å². The average Bonchev–Trinajstić information content (AvgIpc) is 2.83. The molecule has 21 heavy (non-hydrogen) atoms. The summed E-state index contributed by atoms with van der Waals surface area (Å²) >= 11 is 7.54. The van der Waals surface area contributed by atoms with Gasteiger partial charge in [0.2, 0.25) is 0 Å². The van der Waals surface area contributed by atoms with E-state index < -0.39 is 0 Å². The second kappa shape index (κ2) is 5.35. The Morgan fingerprint density at radius 1 is 1.33 bits per heavy atom. The zero-order chi connectivity index (χ0) is 15.0. The van der Waals surface area contributed by atoms with Crippen molar-refractivity contribution < 1.29 is 4.79 Å². The normalized spacial score (nSPS) is 10.8. The van der Waals surface area contributed by atoms with Crippen LogP contribution in [-0.4, -0.2) is 10.9 Å². The molecule has 3 rings (SSSR count). The number of nitrogens with two attached hydrogens (primary N) is 1. The molecular weight excluding hydrogens is 306 g/mol. The van der Waals surface area contributed by atoms with Gasteiger partial charge in [0.1, 0.15) is 0 Å². The molecule has 106 valence electrons. The zero-order valence-corrected chi connectivity index (χ0v) is 12.8. The van der Waals surface area contributed by atoms with Gasteiger partial charge in [-0.15, -0.1) is 0 Å². The second-order valence-corrected chi connectivity index (χ2v) is 6.05. The van der Waals surface area contributed by atoms with Crippen LogP contribution in [0.5, 0.6) is 0 Å². The largest absolute Gasteiger partial charge is 0.399 e. The summed E-state index contributed by atoms with van der Waals surface area (Å²) in [6, 6.07) is 10.8. The van der Waals surface area contributed by atoms with Gasteiger partial charge >= 0.3 is 0 Å². The monoisotopic (exact) mass is 317 g/mol. The van der Waals surface area contributed by atoms with Crippen LogP contribution < -0.4 is 11.1 Å². The fraction of sp³-hybridized carbons (Fsp3) is 0.0667. The van der Waals surface area contributed by atoms with Gasteiger partial charge in [-0.25, -0.2) is 4.98 Å². The highest BCUT2D eigenvalue weighted by Crippen LogP contribution is 2.28. The first-order valence-corrected chi connectivity index (χ1v) is 7.46. The Kier molecular flexibility index (Phi) is 3.53. The van der Waals surface area contributed by atoms with Crippen LogP contribution in [0.4, 0.5) is 10.8 Å². The first-order chi connectivity index (χ1) is 10.0. The van der Waals surface area contributed by atoms with Crippen molar-refractivity contribution in [1.82, 2.24) is 4.98 Å². The molecule has 1 aromatic heterocycles. The molecule has 0 unspecified atom stereocenters. The van der Waals surface area contributed by atoms with Gasteiger partial charge in [-0.3, -0.25) is 10.1 Å².